The van der Waals surface area contributed by atoms with Gasteiger partial charge in [0.15, 0.2) is 0 Å². The molecule has 2 unspecified atom stereocenters. The van der Waals surface area contributed by atoms with Crippen LogP contribution in [0.15, 0.2) is 23.1 Å². The van der Waals surface area contributed by atoms with Crippen LogP contribution in [0.25, 0.3) is 0 Å². The summed E-state index contributed by atoms with van der Waals surface area (Å²) in [4.78, 5) is 11.4. The summed E-state index contributed by atoms with van der Waals surface area (Å²) in [6.45, 7) is 4.32. The van der Waals surface area contributed by atoms with E-state index in [4.69, 9.17) is 4.74 Å². The summed E-state index contributed by atoms with van der Waals surface area (Å²) in [5, 5.41) is 7.38. The van der Waals surface area contributed by atoms with Crippen molar-refractivity contribution in [2.45, 2.75) is 38.5 Å². The highest BCUT2D eigenvalue weighted by Gasteiger charge is 2.21. The highest BCUT2D eigenvalue weighted by molar-refractivity contribution is 4.85. The predicted molar refractivity (Wildman–Crippen MR) is 64.9 cm³/mol. The number of hydrogen-bond donors (Lipinski definition) is 1. The van der Waals surface area contributed by atoms with Gasteiger partial charge in [0, 0.05) is 31.5 Å². The van der Waals surface area contributed by atoms with Crippen LogP contribution in [0.3, 0.4) is 0 Å². The molecule has 17 heavy (non-hydrogen) atoms. The highest BCUT2D eigenvalue weighted by atomic mass is 16.5. The molecule has 1 fully saturated rings. The first-order valence-corrected chi connectivity index (χ1v) is 6.14. The Labute approximate surface area is 101 Å². The van der Waals surface area contributed by atoms with E-state index in [0.29, 0.717) is 18.7 Å². The maximum absolute atomic E-state index is 11.4. The Bertz CT molecular complexity index is 399. The van der Waals surface area contributed by atoms with Gasteiger partial charge in [-0.25, -0.2) is 4.68 Å². The molecule has 0 saturated carbocycles. The Balaban J connectivity index is 1.76. The van der Waals surface area contributed by atoms with Gasteiger partial charge in [-0.3, -0.25) is 4.79 Å². The molecule has 1 aliphatic rings. The second kappa shape index (κ2) is 5.93. The number of nitrogens with zero attached hydrogens (tertiary/aromatic N) is 2. The topological polar surface area (TPSA) is 56.2 Å². The van der Waals surface area contributed by atoms with Crippen LogP contribution in [-0.4, -0.2) is 35.1 Å². The predicted octanol–water partition coefficient (Wildman–Crippen LogP) is 0.400. The maximum atomic E-state index is 11.4. The lowest BCUT2D eigenvalue weighted by molar-refractivity contribution is 0.0834. The van der Waals surface area contributed by atoms with Crippen molar-refractivity contribution in [1.29, 1.82) is 0 Å². The van der Waals surface area contributed by atoms with Gasteiger partial charge in [0.2, 0.25) is 0 Å². The van der Waals surface area contributed by atoms with Gasteiger partial charge in [-0.15, -0.1) is 0 Å². The molecule has 2 rings (SSSR count). The minimum absolute atomic E-state index is 0.0564. The molecule has 0 aromatic carbocycles. The Hall–Kier alpha value is -1.20. The lowest BCUT2D eigenvalue weighted by Gasteiger charge is -2.19. The molecule has 0 amide bonds. The number of aromatic nitrogens is 2. The molecule has 1 saturated heterocycles. The van der Waals surface area contributed by atoms with Crippen molar-refractivity contribution in [3.05, 3.63) is 28.7 Å². The third kappa shape index (κ3) is 3.38. The molecule has 1 N–H and O–H groups in total. The average molecular weight is 237 g/mol. The van der Waals surface area contributed by atoms with Gasteiger partial charge in [0.25, 0.3) is 5.56 Å². The SMILES string of the molecule is CC(NCCn1ncccc1=O)C1CCCO1. The third-order valence-electron chi connectivity index (χ3n) is 3.10. The van der Waals surface area contributed by atoms with Crippen LogP contribution >= 0.6 is 0 Å². The van der Waals surface area contributed by atoms with Crippen LogP contribution in [0.1, 0.15) is 19.8 Å². The van der Waals surface area contributed by atoms with E-state index >= 15 is 0 Å². The maximum Gasteiger partial charge on any atom is 0.266 e. The minimum Gasteiger partial charge on any atom is -0.377 e. The van der Waals surface area contributed by atoms with Gasteiger partial charge in [0.05, 0.1) is 12.6 Å². The van der Waals surface area contributed by atoms with E-state index in [9.17, 15) is 4.79 Å². The zero-order chi connectivity index (χ0) is 12.1. The fourth-order valence-corrected chi connectivity index (χ4v) is 2.08. The molecule has 0 radical (unpaired) electrons. The fourth-order valence-electron chi connectivity index (χ4n) is 2.08. The molecular formula is C12H19N3O2. The first-order valence-electron chi connectivity index (χ1n) is 6.14. The molecule has 1 aliphatic heterocycles. The summed E-state index contributed by atoms with van der Waals surface area (Å²) >= 11 is 0. The molecule has 2 heterocycles. The van der Waals surface area contributed by atoms with Crippen molar-refractivity contribution in [2.24, 2.45) is 0 Å². The van der Waals surface area contributed by atoms with E-state index < -0.39 is 0 Å². The van der Waals surface area contributed by atoms with Crippen LogP contribution in [0, 0.1) is 0 Å². The molecule has 0 bridgehead atoms. The fraction of sp³-hybridized carbons (Fsp3) is 0.667. The van der Waals surface area contributed by atoms with Crippen molar-refractivity contribution in [3.63, 3.8) is 0 Å². The minimum atomic E-state index is -0.0564. The van der Waals surface area contributed by atoms with E-state index in [-0.39, 0.29) is 5.56 Å². The second-order valence-electron chi connectivity index (χ2n) is 4.38. The van der Waals surface area contributed by atoms with E-state index in [1.165, 1.54) is 10.7 Å². The largest absolute Gasteiger partial charge is 0.377 e. The Kier molecular flexibility index (Phi) is 4.28. The summed E-state index contributed by atoms with van der Waals surface area (Å²) < 4.78 is 7.06. The van der Waals surface area contributed by atoms with E-state index in [0.717, 1.165) is 26.0 Å². The molecule has 5 heteroatoms. The van der Waals surface area contributed by atoms with Crippen molar-refractivity contribution in [2.75, 3.05) is 13.2 Å². The van der Waals surface area contributed by atoms with Gasteiger partial charge in [0.1, 0.15) is 0 Å². The van der Waals surface area contributed by atoms with Crippen molar-refractivity contribution in [1.82, 2.24) is 15.1 Å². The van der Waals surface area contributed by atoms with Crippen LogP contribution in [-0.2, 0) is 11.3 Å². The lowest BCUT2D eigenvalue weighted by atomic mass is 10.1. The van der Waals surface area contributed by atoms with Crippen LogP contribution in [0.5, 0.6) is 0 Å². The zero-order valence-electron chi connectivity index (χ0n) is 10.1. The molecule has 1 aromatic heterocycles. The molecule has 1 aromatic rings. The molecular weight excluding hydrogens is 218 g/mol. The van der Waals surface area contributed by atoms with Crippen LogP contribution in [0.4, 0.5) is 0 Å². The van der Waals surface area contributed by atoms with E-state index in [2.05, 4.69) is 17.3 Å². The summed E-state index contributed by atoms with van der Waals surface area (Å²) in [6.07, 6.45) is 4.22. The van der Waals surface area contributed by atoms with E-state index in [1.54, 1.807) is 12.3 Å². The van der Waals surface area contributed by atoms with Crippen LogP contribution in [0.2, 0.25) is 0 Å². The summed E-state index contributed by atoms with van der Waals surface area (Å²) in [5.41, 5.74) is -0.0564. The van der Waals surface area contributed by atoms with Gasteiger partial charge in [-0.05, 0) is 25.8 Å². The monoisotopic (exact) mass is 237 g/mol. The number of ether oxygens (including phenoxy) is 1. The van der Waals surface area contributed by atoms with Gasteiger partial charge < -0.3 is 10.1 Å². The van der Waals surface area contributed by atoms with Gasteiger partial charge in [-0.1, -0.05) is 0 Å². The normalized spacial score (nSPS) is 21.6. The smallest absolute Gasteiger partial charge is 0.266 e. The van der Waals surface area contributed by atoms with Crippen molar-refractivity contribution in [3.8, 4) is 0 Å². The molecule has 0 aliphatic carbocycles. The third-order valence-corrected chi connectivity index (χ3v) is 3.10. The quantitative estimate of drug-likeness (QED) is 0.805. The molecule has 94 valence electrons. The van der Waals surface area contributed by atoms with Crippen LogP contribution < -0.4 is 10.9 Å². The average Bonchev–Trinajstić information content (AvgIpc) is 2.85. The van der Waals surface area contributed by atoms with Gasteiger partial charge >= 0.3 is 0 Å². The summed E-state index contributed by atoms with van der Waals surface area (Å²) in [7, 11) is 0. The Morgan fingerprint density at radius 1 is 1.71 bits per heavy atom. The zero-order valence-corrected chi connectivity index (χ0v) is 10.1. The second-order valence-corrected chi connectivity index (χ2v) is 4.38. The first-order chi connectivity index (χ1) is 8.27. The van der Waals surface area contributed by atoms with E-state index in [1.807, 2.05) is 0 Å². The van der Waals surface area contributed by atoms with Crippen molar-refractivity contribution >= 4 is 0 Å². The summed E-state index contributed by atoms with van der Waals surface area (Å²) in [5.74, 6) is 0. The molecule has 2 atom stereocenters. The Morgan fingerprint density at radius 2 is 2.59 bits per heavy atom. The summed E-state index contributed by atoms with van der Waals surface area (Å²) in [6, 6.07) is 3.51. The number of rotatable bonds is 5. The Morgan fingerprint density at radius 3 is 3.29 bits per heavy atom. The standard InChI is InChI=1S/C12H19N3O2/c1-10(11-4-3-9-17-11)13-7-8-15-12(16)5-2-6-14-15/h2,5-6,10-11,13H,3-4,7-9H2,1H3. The number of nitrogens with one attached hydrogen (secondary N) is 1. The highest BCUT2D eigenvalue weighted by Crippen LogP contribution is 2.14. The lowest BCUT2D eigenvalue weighted by Crippen LogP contribution is -2.39. The van der Waals surface area contributed by atoms with Crippen molar-refractivity contribution < 1.29 is 4.74 Å². The number of hydrogen-bond acceptors (Lipinski definition) is 4. The van der Waals surface area contributed by atoms with Gasteiger partial charge in [-0.2, -0.15) is 5.10 Å². The first kappa shape index (κ1) is 12.3. The molecule has 5 nitrogen and oxygen atoms in total. The molecule has 0 spiro atoms.